The molecule has 3 rings (SSSR count). The lowest BCUT2D eigenvalue weighted by molar-refractivity contribution is -0.127. The maximum Gasteiger partial charge on any atom is 0.200 e. The summed E-state index contributed by atoms with van der Waals surface area (Å²) in [5, 5.41) is 33.8. The van der Waals surface area contributed by atoms with Gasteiger partial charge in [0.2, 0.25) is 0 Å². The van der Waals surface area contributed by atoms with Crippen LogP contribution in [0.2, 0.25) is 0 Å². The van der Waals surface area contributed by atoms with Crippen LogP contribution in [0.4, 0.5) is 0 Å². The summed E-state index contributed by atoms with van der Waals surface area (Å²) in [6.07, 6.45) is 7.41. The van der Waals surface area contributed by atoms with Gasteiger partial charge in [-0.05, 0) is 56.9 Å². The number of likely N-dealkylation sites (N-methyl/N-ethyl adjacent to an activating group) is 1. The van der Waals surface area contributed by atoms with E-state index >= 15 is 0 Å². The molecule has 212 valence electrons. The first kappa shape index (κ1) is 32.0. The van der Waals surface area contributed by atoms with Crippen LogP contribution in [0.1, 0.15) is 45.5 Å². The number of nitrogens with one attached hydrogen (secondary N) is 2. The van der Waals surface area contributed by atoms with Gasteiger partial charge >= 0.3 is 0 Å². The summed E-state index contributed by atoms with van der Waals surface area (Å²) in [5.74, 6) is 0.485. The Bertz CT molecular complexity index is 1190. The monoisotopic (exact) mass is 553 g/mol. The van der Waals surface area contributed by atoms with Crippen molar-refractivity contribution < 1.29 is 15.3 Å². The summed E-state index contributed by atoms with van der Waals surface area (Å²) in [7, 11) is 2.01. The first-order chi connectivity index (χ1) is 18.5. The molecule has 2 unspecified atom stereocenters. The van der Waals surface area contributed by atoms with Crippen molar-refractivity contribution in [3.8, 4) is 0 Å². The van der Waals surface area contributed by atoms with Crippen molar-refractivity contribution in [3.05, 3.63) is 77.8 Å². The Morgan fingerprint density at radius 2 is 2.03 bits per heavy atom. The zero-order valence-corrected chi connectivity index (χ0v) is 24.6. The van der Waals surface area contributed by atoms with Crippen LogP contribution in [0.25, 0.3) is 15.8 Å². The fraction of sp³-hybridized carbons (Fsp3) is 0.433. The molecule has 2 atom stereocenters. The van der Waals surface area contributed by atoms with E-state index in [1.165, 1.54) is 13.8 Å². The third-order valence-corrected chi connectivity index (χ3v) is 6.92. The van der Waals surface area contributed by atoms with E-state index in [0.717, 1.165) is 57.5 Å². The summed E-state index contributed by atoms with van der Waals surface area (Å²) in [5.41, 5.74) is 5.93. The van der Waals surface area contributed by atoms with E-state index in [1.54, 1.807) is 17.4 Å². The van der Waals surface area contributed by atoms with Crippen molar-refractivity contribution in [2.45, 2.75) is 52.4 Å². The quantitative estimate of drug-likeness (QED) is 0.159. The van der Waals surface area contributed by atoms with Crippen molar-refractivity contribution in [1.82, 2.24) is 20.5 Å². The standard InChI is InChI=1S/C27H35N5OS.C3H8O2/c1-6-11-21(12-7-2)17-32(5)27-29-19(4)24(25(31-27)28-16-15-20(8-3)18-33)26-30-22-13-9-10-14-23(22)34-26;1-3(2,4)5/h6,9-14,19-20,28,33H,1-2,8,15-18H2,3-5H3,(H,29,31);4-5H,1-2H3/b21-11+;. The highest BCUT2D eigenvalue weighted by atomic mass is 32.1. The highest BCUT2D eigenvalue weighted by Gasteiger charge is 2.27. The Labute approximate surface area is 236 Å². The molecule has 9 heteroatoms. The zero-order valence-electron chi connectivity index (χ0n) is 23.7. The molecule has 2 aromatic rings. The van der Waals surface area contributed by atoms with Crippen molar-refractivity contribution in [2.75, 3.05) is 26.7 Å². The Morgan fingerprint density at radius 1 is 1.33 bits per heavy atom. The number of thiazole rings is 1. The van der Waals surface area contributed by atoms with E-state index in [1.807, 2.05) is 37.4 Å². The molecule has 0 saturated heterocycles. The average Bonchev–Trinajstić information content (AvgIpc) is 3.29. The molecule has 1 aromatic heterocycles. The fourth-order valence-corrected chi connectivity index (χ4v) is 4.98. The van der Waals surface area contributed by atoms with Gasteiger partial charge < -0.3 is 30.9 Å². The van der Waals surface area contributed by atoms with E-state index in [4.69, 9.17) is 20.2 Å². The molecule has 39 heavy (non-hydrogen) atoms. The maximum absolute atomic E-state index is 9.59. The number of hydrogen-bond donors (Lipinski definition) is 5. The number of aliphatic hydroxyl groups excluding tert-OH is 1. The molecule has 2 heterocycles. The van der Waals surface area contributed by atoms with Crippen LogP contribution >= 0.6 is 11.3 Å². The highest BCUT2D eigenvalue weighted by Crippen LogP contribution is 2.32. The summed E-state index contributed by atoms with van der Waals surface area (Å²) < 4.78 is 1.16. The lowest BCUT2D eigenvalue weighted by atomic mass is 10.0. The number of aliphatic hydroxyl groups is 3. The van der Waals surface area contributed by atoms with E-state index in [0.29, 0.717) is 6.54 Å². The van der Waals surface area contributed by atoms with Crippen molar-refractivity contribution in [3.63, 3.8) is 0 Å². The van der Waals surface area contributed by atoms with Crippen LogP contribution in [0.5, 0.6) is 0 Å². The molecule has 1 aliphatic heterocycles. The molecule has 0 fully saturated rings. The van der Waals surface area contributed by atoms with Gasteiger partial charge in [-0.3, -0.25) is 0 Å². The molecule has 5 N–H and O–H groups in total. The largest absolute Gasteiger partial charge is 0.396 e. The van der Waals surface area contributed by atoms with E-state index < -0.39 is 5.79 Å². The number of aliphatic imine (C=N–C) groups is 1. The van der Waals surface area contributed by atoms with E-state index in [-0.39, 0.29) is 18.6 Å². The number of allylic oxidation sites excluding steroid dienone is 2. The molecule has 0 spiro atoms. The van der Waals surface area contributed by atoms with Gasteiger partial charge in [0.1, 0.15) is 10.8 Å². The molecule has 0 amide bonds. The minimum absolute atomic E-state index is 0.0802. The lowest BCUT2D eigenvalue weighted by Gasteiger charge is -2.31. The number of para-hydroxylation sites is 1. The first-order valence-corrected chi connectivity index (χ1v) is 13.9. The van der Waals surface area contributed by atoms with Crippen LogP contribution < -0.4 is 10.6 Å². The molecule has 1 aliphatic rings. The highest BCUT2D eigenvalue weighted by molar-refractivity contribution is 7.19. The second-order valence-corrected chi connectivity index (χ2v) is 10.9. The second-order valence-electron chi connectivity index (χ2n) is 9.88. The average molecular weight is 554 g/mol. The number of hydrogen-bond acceptors (Lipinski definition) is 9. The first-order valence-electron chi connectivity index (χ1n) is 13.1. The van der Waals surface area contributed by atoms with Gasteiger partial charge in [-0.1, -0.05) is 50.8 Å². The number of guanidine groups is 1. The van der Waals surface area contributed by atoms with Crippen LogP contribution in [-0.2, 0) is 0 Å². The van der Waals surface area contributed by atoms with Crippen LogP contribution in [0, 0.1) is 5.92 Å². The predicted octanol–water partition coefficient (Wildman–Crippen LogP) is 4.40. The Morgan fingerprint density at radius 3 is 2.62 bits per heavy atom. The Hall–Kier alpha value is -3.20. The molecule has 0 radical (unpaired) electrons. The Balaban J connectivity index is 0.000000976. The number of fused-ring (bicyclic) bond motifs is 1. The van der Waals surface area contributed by atoms with Gasteiger partial charge in [0.05, 0.1) is 21.8 Å². The normalized spacial score (nSPS) is 16.4. The molecule has 0 aliphatic carbocycles. The fourth-order valence-electron chi connectivity index (χ4n) is 3.88. The summed E-state index contributed by atoms with van der Waals surface area (Å²) in [4.78, 5) is 11.9. The van der Waals surface area contributed by atoms with Crippen molar-refractivity contribution in [2.24, 2.45) is 10.9 Å². The van der Waals surface area contributed by atoms with Gasteiger partial charge in [-0.15, -0.1) is 17.1 Å². The van der Waals surface area contributed by atoms with Gasteiger partial charge in [0, 0.05) is 26.7 Å². The number of aromatic nitrogens is 1. The van der Waals surface area contributed by atoms with Crippen LogP contribution in [-0.4, -0.2) is 69.7 Å². The van der Waals surface area contributed by atoms with Crippen LogP contribution in [0.15, 0.2) is 77.8 Å². The molecular formula is C30H43N5O3S. The molecular weight excluding hydrogens is 510 g/mol. The topological polar surface area (TPSA) is 113 Å². The summed E-state index contributed by atoms with van der Waals surface area (Å²) >= 11 is 1.68. The Kier molecular flexibility index (Phi) is 12.6. The molecule has 0 saturated carbocycles. The molecule has 1 aromatic carbocycles. The predicted molar refractivity (Wildman–Crippen MR) is 163 cm³/mol. The second kappa shape index (κ2) is 15.4. The smallest absolute Gasteiger partial charge is 0.200 e. The van der Waals surface area contributed by atoms with Crippen molar-refractivity contribution in [1.29, 1.82) is 0 Å². The number of rotatable bonds is 11. The minimum Gasteiger partial charge on any atom is -0.396 e. The third-order valence-electron chi connectivity index (χ3n) is 5.85. The van der Waals surface area contributed by atoms with Gasteiger partial charge in [0.15, 0.2) is 11.7 Å². The van der Waals surface area contributed by atoms with Gasteiger partial charge in [-0.25, -0.2) is 9.98 Å². The minimum atomic E-state index is -1.50. The number of benzene rings is 1. The molecule has 8 nitrogen and oxygen atoms in total. The van der Waals surface area contributed by atoms with Crippen molar-refractivity contribution >= 4 is 33.1 Å². The maximum atomic E-state index is 9.59. The SMILES string of the molecule is C=C=C/C(=C\C=C)CN(C)C1=NC(C)C(c2nc3ccccc3s2)=C(NCCC(CC)CO)N1.CC(C)(O)O. The zero-order chi connectivity index (χ0) is 29.0. The van der Waals surface area contributed by atoms with Crippen LogP contribution in [0.3, 0.4) is 0 Å². The van der Waals surface area contributed by atoms with Gasteiger partial charge in [0.25, 0.3) is 0 Å². The third kappa shape index (κ3) is 10.5. The van der Waals surface area contributed by atoms with Gasteiger partial charge in [-0.2, -0.15) is 0 Å². The lowest BCUT2D eigenvalue weighted by Crippen LogP contribution is -2.46. The van der Waals surface area contributed by atoms with E-state index in [9.17, 15) is 5.11 Å². The molecule has 0 bridgehead atoms. The summed E-state index contributed by atoms with van der Waals surface area (Å²) in [6, 6.07) is 8.11. The summed E-state index contributed by atoms with van der Waals surface area (Å²) in [6.45, 7) is 15.9. The van der Waals surface area contributed by atoms with E-state index in [2.05, 4.69) is 54.3 Å². The number of nitrogens with zero attached hydrogens (tertiary/aromatic N) is 3.